The first-order chi connectivity index (χ1) is 30.8. The third-order valence-corrected chi connectivity index (χ3v) is 13.2. The van der Waals surface area contributed by atoms with Gasteiger partial charge in [0.15, 0.2) is 0 Å². The zero-order chi connectivity index (χ0) is 46.0. The zero-order valence-corrected chi connectivity index (χ0v) is 42.4. The van der Waals surface area contributed by atoms with Crippen LogP contribution < -0.4 is 5.32 Å². The number of esters is 1. The average Bonchev–Trinajstić information content (AvgIpc) is 3.27. The van der Waals surface area contributed by atoms with Crippen LogP contribution in [0.2, 0.25) is 0 Å². The summed E-state index contributed by atoms with van der Waals surface area (Å²) in [6.45, 7) is 3.61. The van der Waals surface area contributed by atoms with Crippen molar-refractivity contribution >= 4 is 19.7 Å². The maximum absolute atomic E-state index is 12.2. The summed E-state index contributed by atoms with van der Waals surface area (Å²) < 4.78 is 27.0. The fraction of sp³-hybridized carbons (Fsp3) is 0.925. The van der Waals surface area contributed by atoms with Crippen molar-refractivity contribution in [1.29, 1.82) is 0 Å². The van der Waals surface area contributed by atoms with E-state index in [-0.39, 0.29) is 32.1 Å². The molecule has 2 unspecified atom stereocenters. The van der Waals surface area contributed by atoms with Crippen molar-refractivity contribution in [2.24, 2.45) is 0 Å². The Kier molecular flexibility index (Phi) is 49.2. The molecule has 10 heteroatoms. The topological polar surface area (TPSA) is 131 Å². The van der Waals surface area contributed by atoms with E-state index in [0.29, 0.717) is 6.42 Å². The molecule has 9 nitrogen and oxygen atoms in total. The third-order valence-electron chi connectivity index (χ3n) is 12.2. The van der Waals surface area contributed by atoms with Crippen molar-refractivity contribution in [3.8, 4) is 0 Å². The van der Waals surface area contributed by atoms with Gasteiger partial charge in [0.05, 0.1) is 13.2 Å². The van der Waals surface area contributed by atoms with Gasteiger partial charge < -0.3 is 20.1 Å². The van der Waals surface area contributed by atoms with Gasteiger partial charge in [-0.25, -0.2) is 4.57 Å². The largest absolute Gasteiger partial charge is 0.472 e. The summed E-state index contributed by atoms with van der Waals surface area (Å²) in [7, 11) is -4.42. The van der Waals surface area contributed by atoms with Gasteiger partial charge in [0.1, 0.15) is 12.7 Å². The lowest BCUT2D eigenvalue weighted by Gasteiger charge is -2.15. The van der Waals surface area contributed by atoms with Crippen molar-refractivity contribution < 1.29 is 37.9 Å². The molecular weight excluding hydrogens is 810 g/mol. The summed E-state index contributed by atoms with van der Waals surface area (Å²) in [5, 5.41) is 12.8. The van der Waals surface area contributed by atoms with Crippen LogP contribution in [0, 0.1) is 0 Å². The fourth-order valence-corrected chi connectivity index (χ4v) is 8.84. The molecule has 0 aliphatic rings. The number of hydrogen-bond acceptors (Lipinski definition) is 7. The van der Waals surface area contributed by atoms with E-state index in [4.69, 9.17) is 13.8 Å². The molecular formula is C53H104NO8P. The molecule has 0 aromatic rings. The van der Waals surface area contributed by atoms with Gasteiger partial charge in [0, 0.05) is 19.4 Å². The number of unbranched alkanes of at least 4 members (excludes halogenated alkanes) is 37. The van der Waals surface area contributed by atoms with Gasteiger partial charge in [-0.05, 0) is 38.5 Å². The van der Waals surface area contributed by atoms with Crippen LogP contribution in [0.25, 0.3) is 0 Å². The summed E-state index contributed by atoms with van der Waals surface area (Å²) in [6, 6.07) is 0. The molecule has 374 valence electrons. The molecule has 2 atom stereocenters. The first kappa shape index (κ1) is 61.8. The van der Waals surface area contributed by atoms with E-state index in [1.54, 1.807) is 0 Å². The van der Waals surface area contributed by atoms with Gasteiger partial charge in [-0.1, -0.05) is 244 Å². The number of carbonyl (C=O) groups is 2. The summed E-state index contributed by atoms with van der Waals surface area (Å²) in [4.78, 5) is 34.1. The number of phosphoric acid groups is 1. The molecule has 0 saturated carbocycles. The van der Waals surface area contributed by atoms with Crippen LogP contribution in [0.1, 0.15) is 284 Å². The smallest absolute Gasteiger partial charge is 0.463 e. The second-order valence-electron chi connectivity index (χ2n) is 18.6. The summed E-state index contributed by atoms with van der Waals surface area (Å²) in [6.07, 6.45) is 55.9. The molecule has 0 aliphatic carbocycles. The Hall–Kier alpha value is -1.25. The molecule has 0 fully saturated rings. The summed E-state index contributed by atoms with van der Waals surface area (Å²) in [5.41, 5.74) is 0. The molecule has 0 aliphatic heterocycles. The van der Waals surface area contributed by atoms with E-state index < -0.39 is 26.5 Å². The van der Waals surface area contributed by atoms with Crippen LogP contribution >= 0.6 is 7.82 Å². The second-order valence-corrected chi connectivity index (χ2v) is 20.0. The Labute approximate surface area is 389 Å². The molecule has 63 heavy (non-hydrogen) atoms. The highest BCUT2D eigenvalue weighted by molar-refractivity contribution is 7.47. The maximum atomic E-state index is 12.2. The number of aliphatic hydroxyl groups excluding tert-OH is 1. The number of carbonyl (C=O) groups excluding carboxylic acids is 2. The number of ether oxygens (including phenoxy) is 1. The molecule has 0 radical (unpaired) electrons. The lowest BCUT2D eigenvalue weighted by Crippen LogP contribution is -2.27. The number of amides is 1. The van der Waals surface area contributed by atoms with Crippen LogP contribution in [0.15, 0.2) is 12.2 Å². The van der Waals surface area contributed by atoms with E-state index in [1.807, 2.05) is 0 Å². The Morgan fingerprint density at radius 1 is 0.476 bits per heavy atom. The van der Waals surface area contributed by atoms with Crippen LogP contribution in [0.4, 0.5) is 0 Å². The molecule has 0 bridgehead atoms. The van der Waals surface area contributed by atoms with Gasteiger partial charge in [0.25, 0.3) is 0 Å². The van der Waals surface area contributed by atoms with Crippen LogP contribution in [0.5, 0.6) is 0 Å². The predicted molar refractivity (Wildman–Crippen MR) is 266 cm³/mol. The van der Waals surface area contributed by atoms with Crippen molar-refractivity contribution in [1.82, 2.24) is 5.32 Å². The number of rotatable bonds is 52. The lowest BCUT2D eigenvalue weighted by molar-refractivity contribution is -0.147. The van der Waals surface area contributed by atoms with Crippen molar-refractivity contribution in [2.45, 2.75) is 290 Å². The molecule has 1 amide bonds. The highest BCUT2D eigenvalue weighted by Crippen LogP contribution is 2.42. The Balaban J connectivity index is 3.50. The van der Waals surface area contributed by atoms with Crippen molar-refractivity contribution in [3.63, 3.8) is 0 Å². The van der Waals surface area contributed by atoms with Crippen LogP contribution in [-0.2, 0) is 27.9 Å². The molecule has 0 spiro atoms. The van der Waals surface area contributed by atoms with Crippen LogP contribution in [0.3, 0.4) is 0 Å². The van der Waals surface area contributed by atoms with E-state index in [1.165, 1.54) is 218 Å². The van der Waals surface area contributed by atoms with E-state index >= 15 is 0 Å². The molecule has 0 rings (SSSR count). The highest BCUT2D eigenvalue weighted by Gasteiger charge is 2.23. The van der Waals surface area contributed by atoms with Crippen molar-refractivity contribution in [2.75, 3.05) is 26.4 Å². The van der Waals surface area contributed by atoms with E-state index in [0.717, 1.165) is 38.5 Å². The SMILES string of the molecule is CCCCCCCCC/C=C\CCCCCCCCCC(=O)OCC(O)COP(=O)(O)OCCNC(=O)CCCCCCCCCCCCCCCCCCCCCCCCCC. The second kappa shape index (κ2) is 50.2. The molecule has 0 heterocycles. The molecule has 3 N–H and O–H groups in total. The number of nitrogens with one attached hydrogen (secondary N) is 1. The van der Waals surface area contributed by atoms with Gasteiger partial charge in [-0.15, -0.1) is 0 Å². The van der Waals surface area contributed by atoms with Gasteiger partial charge in [-0.2, -0.15) is 0 Å². The first-order valence-corrected chi connectivity index (χ1v) is 28.7. The van der Waals surface area contributed by atoms with Crippen molar-refractivity contribution in [3.05, 3.63) is 12.2 Å². The minimum Gasteiger partial charge on any atom is -0.463 e. The zero-order valence-electron chi connectivity index (χ0n) is 41.6. The quantitative estimate of drug-likeness (QED) is 0.0238. The lowest BCUT2D eigenvalue weighted by atomic mass is 10.0. The molecule has 0 aromatic heterocycles. The minimum atomic E-state index is -4.42. The normalized spacial score (nSPS) is 13.1. The van der Waals surface area contributed by atoms with E-state index in [9.17, 15) is 24.2 Å². The average molecular weight is 914 g/mol. The maximum Gasteiger partial charge on any atom is 0.472 e. The van der Waals surface area contributed by atoms with E-state index in [2.05, 4.69) is 31.3 Å². The molecule has 0 aromatic carbocycles. The number of hydrogen-bond donors (Lipinski definition) is 3. The Morgan fingerprint density at radius 3 is 1.19 bits per heavy atom. The Bertz CT molecular complexity index is 1040. The standard InChI is InChI=1S/C53H104NO8P/c1-3-5-7-9-11-13-15-17-19-21-23-24-25-26-27-28-29-31-33-35-37-39-41-43-45-52(56)54-47-48-61-63(58,59)62-50-51(55)49-60-53(57)46-44-42-40-38-36-34-32-30-22-20-18-16-14-12-10-8-6-4-2/h20,22,51,55H,3-19,21,23-50H2,1-2H3,(H,54,56)(H,58,59)/b22-20-. The monoisotopic (exact) mass is 914 g/mol. The van der Waals surface area contributed by atoms with Gasteiger partial charge in [-0.3, -0.25) is 18.6 Å². The van der Waals surface area contributed by atoms with Gasteiger partial charge in [0.2, 0.25) is 5.91 Å². The minimum absolute atomic E-state index is 0.0867. The summed E-state index contributed by atoms with van der Waals surface area (Å²) >= 11 is 0. The van der Waals surface area contributed by atoms with Crippen LogP contribution in [-0.4, -0.2) is 54.3 Å². The number of phosphoric ester groups is 1. The summed E-state index contributed by atoms with van der Waals surface area (Å²) in [5.74, 6) is -0.506. The Morgan fingerprint density at radius 2 is 0.810 bits per heavy atom. The fourth-order valence-electron chi connectivity index (χ4n) is 8.09. The first-order valence-electron chi connectivity index (χ1n) is 27.2. The highest BCUT2D eigenvalue weighted by atomic mass is 31.2. The molecule has 0 saturated heterocycles. The number of allylic oxidation sites excluding steroid dienone is 2. The third kappa shape index (κ3) is 51.6. The predicted octanol–water partition coefficient (Wildman–Crippen LogP) is 16.1. The number of aliphatic hydroxyl groups is 1. The van der Waals surface area contributed by atoms with Gasteiger partial charge >= 0.3 is 13.8 Å².